The number of rotatable bonds is 4. The Labute approximate surface area is 150 Å². The molecule has 1 aliphatic rings. The van der Waals surface area contributed by atoms with E-state index in [0.717, 1.165) is 48.2 Å². The number of fused-ring (bicyclic) bond motifs is 1. The van der Waals surface area contributed by atoms with Crippen molar-refractivity contribution in [3.05, 3.63) is 47.3 Å². The van der Waals surface area contributed by atoms with Gasteiger partial charge in [0, 0.05) is 24.7 Å². The molecule has 136 valence electrons. The van der Waals surface area contributed by atoms with E-state index >= 15 is 0 Å². The molecule has 0 bridgehead atoms. The number of imidazole rings is 1. The number of H-pyrrole nitrogens is 2. The first-order chi connectivity index (χ1) is 12.7. The van der Waals surface area contributed by atoms with Gasteiger partial charge in [0.2, 0.25) is 0 Å². The highest BCUT2D eigenvalue weighted by molar-refractivity contribution is 5.95. The maximum Gasteiger partial charge on any atom is 0.257 e. The number of benzene rings is 1. The van der Waals surface area contributed by atoms with Crippen molar-refractivity contribution in [2.75, 3.05) is 13.1 Å². The van der Waals surface area contributed by atoms with Crippen molar-refractivity contribution >= 4 is 16.9 Å². The van der Waals surface area contributed by atoms with Crippen LogP contribution >= 0.6 is 0 Å². The third kappa shape index (κ3) is 3.09. The highest BCUT2D eigenvalue weighted by Gasteiger charge is 2.27. The van der Waals surface area contributed by atoms with E-state index in [2.05, 4.69) is 27.1 Å². The first kappa shape index (κ1) is 16.8. The normalized spacial score (nSPS) is 15.7. The van der Waals surface area contributed by atoms with E-state index in [1.807, 2.05) is 4.90 Å². The van der Waals surface area contributed by atoms with Crippen LogP contribution < -0.4 is 0 Å². The van der Waals surface area contributed by atoms with Crippen LogP contribution in [0.2, 0.25) is 0 Å². The molecule has 6 nitrogen and oxygen atoms in total. The van der Waals surface area contributed by atoms with Crippen LogP contribution in [0, 0.1) is 5.82 Å². The van der Waals surface area contributed by atoms with Crippen LogP contribution in [-0.4, -0.2) is 44.1 Å². The summed E-state index contributed by atoms with van der Waals surface area (Å²) in [6.45, 7) is 3.46. The predicted octanol–water partition coefficient (Wildman–Crippen LogP) is 3.40. The van der Waals surface area contributed by atoms with E-state index in [-0.39, 0.29) is 17.6 Å². The van der Waals surface area contributed by atoms with E-state index < -0.39 is 0 Å². The molecule has 0 unspecified atom stereocenters. The molecule has 26 heavy (non-hydrogen) atoms. The number of nitrogens with one attached hydrogen (secondary N) is 2. The molecule has 4 rings (SSSR count). The van der Waals surface area contributed by atoms with Crippen molar-refractivity contribution in [1.29, 1.82) is 0 Å². The molecule has 1 fully saturated rings. The van der Waals surface area contributed by atoms with Gasteiger partial charge in [-0.25, -0.2) is 9.37 Å². The number of halogens is 1. The van der Waals surface area contributed by atoms with Gasteiger partial charge in [-0.15, -0.1) is 0 Å². The number of carbonyl (C=O) groups is 1. The Morgan fingerprint density at radius 2 is 2.15 bits per heavy atom. The molecule has 3 heterocycles. The van der Waals surface area contributed by atoms with E-state index in [4.69, 9.17) is 0 Å². The number of nitrogens with zero attached hydrogens (tertiary/aromatic N) is 3. The maximum absolute atomic E-state index is 13.4. The van der Waals surface area contributed by atoms with Gasteiger partial charge in [-0.3, -0.25) is 9.89 Å². The second-order valence-corrected chi connectivity index (χ2v) is 6.86. The molecule has 0 atom stereocenters. The number of carbonyl (C=O) groups excluding carboxylic acids is 1. The number of hydrogen-bond acceptors (Lipinski definition) is 3. The molecule has 1 aromatic carbocycles. The van der Waals surface area contributed by atoms with Gasteiger partial charge in [-0.1, -0.05) is 13.3 Å². The van der Waals surface area contributed by atoms with Gasteiger partial charge >= 0.3 is 0 Å². The van der Waals surface area contributed by atoms with E-state index in [1.165, 1.54) is 12.1 Å². The van der Waals surface area contributed by atoms with Crippen molar-refractivity contribution in [3.63, 3.8) is 0 Å². The molecule has 1 aliphatic heterocycles. The lowest BCUT2D eigenvalue weighted by Gasteiger charge is -2.31. The average Bonchev–Trinajstić information content (AvgIpc) is 3.28. The second kappa shape index (κ2) is 6.90. The number of amides is 1. The highest BCUT2D eigenvalue weighted by Crippen LogP contribution is 2.28. The minimum atomic E-state index is -0.267. The Morgan fingerprint density at radius 3 is 2.92 bits per heavy atom. The second-order valence-electron chi connectivity index (χ2n) is 6.86. The first-order valence-electron chi connectivity index (χ1n) is 9.12. The molecule has 0 spiro atoms. The third-order valence-electron chi connectivity index (χ3n) is 5.08. The van der Waals surface area contributed by atoms with Gasteiger partial charge in [0.15, 0.2) is 0 Å². The molecular weight excluding hydrogens is 333 g/mol. The summed E-state index contributed by atoms with van der Waals surface area (Å²) in [7, 11) is 0. The number of aromatic amines is 2. The summed E-state index contributed by atoms with van der Waals surface area (Å²) < 4.78 is 13.4. The Kier molecular flexibility index (Phi) is 4.44. The third-order valence-corrected chi connectivity index (χ3v) is 5.08. The zero-order valence-electron chi connectivity index (χ0n) is 14.8. The van der Waals surface area contributed by atoms with Crippen molar-refractivity contribution in [2.24, 2.45) is 0 Å². The summed E-state index contributed by atoms with van der Waals surface area (Å²) in [5.41, 5.74) is 3.10. The van der Waals surface area contributed by atoms with Gasteiger partial charge in [-0.2, -0.15) is 5.10 Å². The van der Waals surface area contributed by atoms with Gasteiger partial charge in [-0.05, 0) is 37.5 Å². The van der Waals surface area contributed by atoms with Gasteiger partial charge in [0.25, 0.3) is 5.91 Å². The van der Waals surface area contributed by atoms with Crippen LogP contribution in [0.5, 0.6) is 0 Å². The number of piperidine rings is 1. The summed E-state index contributed by atoms with van der Waals surface area (Å²) in [6.07, 6.45) is 5.11. The van der Waals surface area contributed by atoms with Crippen LogP contribution in [0.1, 0.15) is 54.0 Å². The number of aromatic nitrogens is 4. The largest absolute Gasteiger partial charge is 0.342 e. The fourth-order valence-electron chi connectivity index (χ4n) is 3.66. The van der Waals surface area contributed by atoms with Crippen LogP contribution in [0.3, 0.4) is 0 Å². The molecule has 0 aliphatic carbocycles. The van der Waals surface area contributed by atoms with Gasteiger partial charge < -0.3 is 9.88 Å². The predicted molar refractivity (Wildman–Crippen MR) is 96.5 cm³/mol. The van der Waals surface area contributed by atoms with Crippen molar-refractivity contribution < 1.29 is 9.18 Å². The zero-order valence-corrected chi connectivity index (χ0v) is 14.8. The monoisotopic (exact) mass is 355 g/mol. The van der Waals surface area contributed by atoms with Gasteiger partial charge in [0.05, 0.1) is 22.8 Å². The lowest BCUT2D eigenvalue weighted by Crippen LogP contribution is -2.38. The molecular formula is C19H22FN5O. The minimum Gasteiger partial charge on any atom is -0.342 e. The standard InChI is InChI=1S/C19H22FN5O/c1-2-3-15-14(11-21-24-15)19(26)25-8-6-12(7-9-25)18-22-16-5-4-13(20)10-17(16)23-18/h4-5,10-12H,2-3,6-9H2,1H3,(H,21,24)(H,22,23). The van der Waals surface area contributed by atoms with Crippen LogP contribution in [0.25, 0.3) is 11.0 Å². The van der Waals surface area contributed by atoms with Crippen LogP contribution in [0.15, 0.2) is 24.4 Å². The molecule has 1 amide bonds. The lowest BCUT2D eigenvalue weighted by molar-refractivity contribution is 0.0710. The summed E-state index contributed by atoms with van der Waals surface area (Å²) in [6, 6.07) is 4.59. The Balaban J connectivity index is 1.44. The van der Waals surface area contributed by atoms with Gasteiger partial charge in [0.1, 0.15) is 11.6 Å². The molecule has 2 N–H and O–H groups in total. The summed E-state index contributed by atoms with van der Waals surface area (Å²) >= 11 is 0. The number of likely N-dealkylation sites (tertiary alicyclic amines) is 1. The molecule has 0 saturated carbocycles. The Bertz CT molecular complexity index is 923. The molecule has 0 radical (unpaired) electrons. The topological polar surface area (TPSA) is 77.7 Å². The average molecular weight is 355 g/mol. The lowest BCUT2D eigenvalue weighted by atomic mass is 9.95. The maximum atomic E-state index is 13.4. The first-order valence-corrected chi connectivity index (χ1v) is 9.12. The van der Waals surface area contributed by atoms with E-state index in [9.17, 15) is 9.18 Å². The number of hydrogen-bond donors (Lipinski definition) is 2. The van der Waals surface area contributed by atoms with E-state index in [1.54, 1.807) is 12.3 Å². The minimum absolute atomic E-state index is 0.0485. The summed E-state index contributed by atoms with van der Waals surface area (Å²) in [5.74, 6) is 0.921. The zero-order chi connectivity index (χ0) is 18.1. The SMILES string of the molecule is CCCc1[nH]ncc1C(=O)N1CCC(c2nc3ccc(F)cc3[nH]2)CC1. The van der Waals surface area contributed by atoms with Crippen molar-refractivity contribution in [3.8, 4) is 0 Å². The summed E-state index contributed by atoms with van der Waals surface area (Å²) in [4.78, 5) is 22.5. The molecule has 7 heteroatoms. The summed E-state index contributed by atoms with van der Waals surface area (Å²) in [5, 5.41) is 6.97. The Morgan fingerprint density at radius 1 is 1.35 bits per heavy atom. The van der Waals surface area contributed by atoms with E-state index in [0.29, 0.717) is 18.7 Å². The van der Waals surface area contributed by atoms with Crippen LogP contribution in [-0.2, 0) is 6.42 Å². The fourth-order valence-corrected chi connectivity index (χ4v) is 3.66. The fraction of sp³-hybridized carbons (Fsp3) is 0.421. The molecule has 1 saturated heterocycles. The Hall–Kier alpha value is -2.70. The number of aryl methyl sites for hydroxylation is 1. The smallest absolute Gasteiger partial charge is 0.257 e. The molecule has 2 aromatic heterocycles. The van der Waals surface area contributed by atoms with Crippen LogP contribution in [0.4, 0.5) is 4.39 Å². The van der Waals surface area contributed by atoms with Crippen molar-refractivity contribution in [2.45, 2.75) is 38.5 Å². The molecule has 3 aromatic rings. The highest BCUT2D eigenvalue weighted by atomic mass is 19.1. The van der Waals surface area contributed by atoms with Crippen molar-refractivity contribution in [1.82, 2.24) is 25.1 Å². The quantitative estimate of drug-likeness (QED) is 0.753.